The molecule has 0 bridgehead atoms. The van der Waals surface area contributed by atoms with Crippen LogP contribution in [0.1, 0.15) is 51.4 Å². The highest BCUT2D eigenvalue weighted by Gasteiger charge is 2.34. The molecule has 2 rings (SSSR count). The second kappa shape index (κ2) is 2.56. The molecule has 0 heterocycles. The van der Waals surface area contributed by atoms with Gasteiger partial charge in [0.25, 0.3) is 0 Å². The fraction of sp³-hybridized carbons (Fsp3) is 0.900. The smallest absolute Gasteiger partial charge is 0.0297 e. The highest BCUT2D eigenvalue weighted by atomic mass is 14.4. The van der Waals surface area contributed by atoms with Crippen molar-refractivity contribution in [3.05, 3.63) is 6.42 Å². The van der Waals surface area contributed by atoms with Gasteiger partial charge in [-0.15, -0.1) is 0 Å². The van der Waals surface area contributed by atoms with Crippen molar-refractivity contribution in [2.24, 2.45) is 5.41 Å². The molecule has 0 aromatic heterocycles. The van der Waals surface area contributed by atoms with Crippen molar-refractivity contribution in [2.45, 2.75) is 51.4 Å². The zero-order valence-corrected chi connectivity index (χ0v) is 6.73. The third-order valence-corrected chi connectivity index (χ3v) is 3.42. The van der Waals surface area contributed by atoms with Crippen LogP contribution in [0.4, 0.5) is 0 Å². The first-order valence-corrected chi connectivity index (χ1v) is 4.73. The van der Waals surface area contributed by atoms with Crippen LogP contribution in [0.15, 0.2) is 0 Å². The Hall–Kier alpha value is 0. The molecule has 0 amide bonds. The minimum absolute atomic E-state index is 0.842. The summed E-state index contributed by atoms with van der Waals surface area (Å²) >= 11 is 0. The molecule has 1 radical (unpaired) electrons. The molecule has 0 aliphatic heterocycles. The van der Waals surface area contributed by atoms with E-state index in [2.05, 4.69) is 6.42 Å². The summed E-state index contributed by atoms with van der Waals surface area (Å²) in [6.45, 7) is 0. The van der Waals surface area contributed by atoms with Crippen molar-refractivity contribution in [1.29, 1.82) is 0 Å². The monoisotopic (exact) mass is 137 g/mol. The Morgan fingerprint density at radius 1 is 0.800 bits per heavy atom. The van der Waals surface area contributed by atoms with Gasteiger partial charge in [0.15, 0.2) is 0 Å². The van der Waals surface area contributed by atoms with E-state index in [0.717, 1.165) is 5.41 Å². The predicted molar refractivity (Wildman–Crippen MR) is 43.7 cm³/mol. The number of hydrogen-bond acceptors (Lipinski definition) is 0. The quantitative estimate of drug-likeness (QED) is 0.480. The predicted octanol–water partition coefficient (Wildman–Crippen LogP) is 3.33. The molecule has 0 aromatic rings. The summed E-state index contributed by atoms with van der Waals surface area (Å²) in [5.74, 6) is 0. The van der Waals surface area contributed by atoms with Gasteiger partial charge >= 0.3 is 0 Å². The Bertz CT molecular complexity index is 101. The maximum atomic E-state index is 2.48. The van der Waals surface area contributed by atoms with Gasteiger partial charge in [0.2, 0.25) is 0 Å². The van der Waals surface area contributed by atoms with Crippen molar-refractivity contribution >= 4 is 0 Å². The van der Waals surface area contributed by atoms with Gasteiger partial charge in [0, 0.05) is 0 Å². The van der Waals surface area contributed by atoms with Crippen molar-refractivity contribution in [3.8, 4) is 0 Å². The third-order valence-electron chi connectivity index (χ3n) is 3.42. The zero-order chi connectivity index (χ0) is 6.86. The third kappa shape index (κ3) is 1.09. The molecule has 2 saturated carbocycles. The molecule has 10 heavy (non-hydrogen) atoms. The second-order valence-corrected chi connectivity index (χ2v) is 4.07. The van der Waals surface area contributed by atoms with Crippen LogP contribution in [-0.2, 0) is 0 Å². The van der Waals surface area contributed by atoms with Gasteiger partial charge in [-0.25, -0.2) is 0 Å². The standard InChI is InChI=1S/C10H17/c1-2-6-10(7-3-1)8-4-5-9-10/h1H,2-9H2. The van der Waals surface area contributed by atoms with E-state index in [1.807, 2.05) is 0 Å². The molecule has 0 N–H and O–H groups in total. The Balaban J connectivity index is 1.98. The van der Waals surface area contributed by atoms with Gasteiger partial charge in [0.1, 0.15) is 0 Å². The van der Waals surface area contributed by atoms with E-state index in [1.165, 1.54) is 38.5 Å². The SMILES string of the molecule is [CH]1CCC2(CC1)CCCC2. The number of rotatable bonds is 0. The largest absolute Gasteiger partial charge is 0.0528 e. The van der Waals surface area contributed by atoms with E-state index < -0.39 is 0 Å². The fourth-order valence-electron chi connectivity index (χ4n) is 2.71. The first-order chi connectivity index (χ1) is 4.91. The Morgan fingerprint density at radius 3 is 2.00 bits per heavy atom. The summed E-state index contributed by atoms with van der Waals surface area (Å²) in [5.41, 5.74) is 0.842. The van der Waals surface area contributed by atoms with Crippen LogP contribution in [0, 0.1) is 11.8 Å². The van der Waals surface area contributed by atoms with Gasteiger partial charge in [-0.2, -0.15) is 0 Å². The fourth-order valence-corrected chi connectivity index (χ4v) is 2.71. The van der Waals surface area contributed by atoms with Crippen LogP contribution in [0.3, 0.4) is 0 Å². The first-order valence-electron chi connectivity index (χ1n) is 4.73. The lowest BCUT2D eigenvalue weighted by atomic mass is 9.73. The normalized spacial score (nSPS) is 31.2. The van der Waals surface area contributed by atoms with Crippen LogP contribution in [0.2, 0.25) is 0 Å². The summed E-state index contributed by atoms with van der Waals surface area (Å²) < 4.78 is 0. The maximum absolute atomic E-state index is 2.48. The van der Waals surface area contributed by atoms with Crippen LogP contribution < -0.4 is 0 Å². The average molecular weight is 137 g/mol. The molecule has 2 aliphatic carbocycles. The molecular formula is C10H17. The topological polar surface area (TPSA) is 0 Å². The van der Waals surface area contributed by atoms with Gasteiger partial charge < -0.3 is 0 Å². The zero-order valence-electron chi connectivity index (χ0n) is 6.73. The summed E-state index contributed by atoms with van der Waals surface area (Å²) in [7, 11) is 0. The molecule has 57 valence electrons. The van der Waals surface area contributed by atoms with E-state index in [9.17, 15) is 0 Å². The lowest BCUT2D eigenvalue weighted by Gasteiger charge is -2.32. The number of hydrogen-bond donors (Lipinski definition) is 0. The Kier molecular flexibility index (Phi) is 1.71. The van der Waals surface area contributed by atoms with Gasteiger partial charge in [-0.1, -0.05) is 12.8 Å². The van der Waals surface area contributed by atoms with Crippen LogP contribution >= 0.6 is 0 Å². The summed E-state index contributed by atoms with van der Waals surface area (Å²) in [5, 5.41) is 0. The Labute approximate surface area is 64.0 Å². The van der Waals surface area contributed by atoms with Gasteiger partial charge in [-0.3, -0.25) is 0 Å². The molecule has 0 nitrogen and oxygen atoms in total. The lowest BCUT2D eigenvalue weighted by molar-refractivity contribution is 0.222. The molecular weight excluding hydrogens is 120 g/mol. The van der Waals surface area contributed by atoms with E-state index in [-0.39, 0.29) is 0 Å². The molecule has 0 heteroatoms. The maximum Gasteiger partial charge on any atom is -0.0297 e. The lowest BCUT2D eigenvalue weighted by Crippen LogP contribution is -2.19. The molecule has 0 saturated heterocycles. The van der Waals surface area contributed by atoms with E-state index >= 15 is 0 Å². The Morgan fingerprint density at radius 2 is 1.40 bits per heavy atom. The molecule has 2 fully saturated rings. The van der Waals surface area contributed by atoms with Crippen molar-refractivity contribution < 1.29 is 0 Å². The second-order valence-electron chi connectivity index (χ2n) is 4.07. The molecule has 2 aliphatic rings. The van der Waals surface area contributed by atoms with Crippen LogP contribution in [0.25, 0.3) is 0 Å². The summed E-state index contributed by atoms with van der Waals surface area (Å²) in [6.07, 6.45) is 14.4. The van der Waals surface area contributed by atoms with Gasteiger partial charge in [0.05, 0.1) is 0 Å². The minimum atomic E-state index is 0.842. The van der Waals surface area contributed by atoms with Crippen LogP contribution in [-0.4, -0.2) is 0 Å². The van der Waals surface area contributed by atoms with Crippen LogP contribution in [0.5, 0.6) is 0 Å². The van der Waals surface area contributed by atoms with E-state index in [1.54, 1.807) is 12.8 Å². The molecule has 0 unspecified atom stereocenters. The van der Waals surface area contributed by atoms with Crippen molar-refractivity contribution in [1.82, 2.24) is 0 Å². The van der Waals surface area contributed by atoms with Gasteiger partial charge in [-0.05, 0) is 50.4 Å². The van der Waals surface area contributed by atoms with Crippen molar-refractivity contribution in [3.63, 3.8) is 0 Å². The highest BCUT2D eigenvalue weighted by Crippen LogP contribution is 2.48. The molecule has 0 atom stereocenters. The summed E-state index contributed by atoms with van der Waals surface area (Å²) in [4.78, 5) is 0. The first kappa shape index (κ1) is 6.69. The van der Waals surface area contributed by atoms with E-state index in [0.29, 0.717) is 0 Å². The molecule has 1 spiro atoms. The average Bonchev–Trinajstić information content (AvgIpc) is 2.39. The summed E-state index contributed by atoms with van der Waals surface area (Å²) in [6, 6.07) is 0. The van der Waals surface area contributed by atoms with Crippen molar-refractivity contribution in [2.75, 3.05) is 0 Å². The highest BCUT2D eigenvalue weighted by molar-refractivity contribution is 4.91. The van der Waals surface area contributed by atoms with E-state index in [4.69, 9.17) is 0 Å². The molecule has 0 aromatic carbocycles. The minimum Gasteiger partial charge on any atom is -0.0528 e.